The number of sulfonamides is 1. The Morgan fingerprint density at radius 3 is 2.39 bits per heavy atom. The highest BCUT2D eigenvalue weighted by molar-refractivity contribution is 7.89. The molecule has 0 unspecified atom stereocenters. The SMILES string of the molecule is Cc1ccc(-c2nnc(-c3cccc(S(=O)(=O)NCc4ccco4)c3)o2)cc1. The van der Waals surface area contributed by atoms with Gasteiger partial charge in [-0.1, -0.05) is 23.8 Å². The minimum Gasteiger partial charge on any atom is -0.468 e. The molecule has 0 aliphatic heterocycles. The smallest absolute Gasteiger partial charge is 0.248 e. The number of benzene rings is 2. The Balaban J connectivity index is 1.57. The average Bonchev–Trinajstić information content (AvgIpc) is 3.39. The quantitative estimate of drug-likeness (QED) is 0.533. The number of aryl methyl sites for hydroxylation is 1. The first-order chi connectivity index (χ1) is 13.5. The molecule has 2 aromatic carbocycles. The Hall–Kier alpha value is -3.23. The summed E-state index contributed by atoms with van der Waals surface area (Å²) in [7, 11) is -3.72. The zero-order valence-corrected chi connectivity index (χ0v) is 15.8. The largest absolute Gasteiger partial charge is 0.468 e. The summed E-state index contributed by atoms with van der Waals surface area (Å²) >= 11 is 0. The summed E-state index contributed by atoms with van der Waals surface area (Å²) in [5, 5.41) is 8.11. The van der Waals surface area contributed by atoms with Gasteiger partial charge in [0.2, 0.25) is 21.8 Å². The van der Waals surface area contributed by atoms with E-state index >= 15 is 0 Å². The van der Waals surface area contributed by atoms with Crippen LogP contribution in [0.5, 0.6) is 0 Å². The molecule has 0 aliphatic carbocycles. The van der Waals surface area contributed by atoms with E-state index in [-0.39, 0.29) is 17.3 Å². The fourth-order valence-corrected chi connectivity index (χ4v) is 3.65. The van der Waals surface area contributed by atoms with Crippen LogP contribution >= 0.6 is 0 Å². The monoisotopic (exact) mass is 395 g/mol. The molecular weight excluding hydrogens is 378 g/mol. The lowest BCUT2D eigenvalue weighted by molar-refractivity contribution is 0.498. The molecule has 7 nitrogen and oxygen atoms in total. The lowest BCUT2D eigenvalue weighted by atomic mass is 10.1. The molecule has 0 aliphatic rings. The molecule has 28 heavy (non-hydrogen) atoms. The molecule has 0 bridgehead atoms. The van der Waals surface area contributed by atoms with Crippen LogP contribution in [0.15, 0.2) is 80.7 Å². The molecule has 2 heterocycles. The van der Waals surface area contributed by atoms with Crippen LogP contribution in [0.2, 0.25) is 0 Å². The van der Waals surface area contributed by atoms with Crippen molar-refractivity contribution in [1.29, 1.82) is 0 Å². The first kappa shape index (κ1) is 18.1. The first-order valence-corrected chi connectivity index (χ1v) is 10.0. The summed E-state index contributed by atoms with van der Waals surface area (Å²) in [6, 6.07) is 17.5. The summed E-state index contributed by atoms with van der Waals surface area (Å²) in [5.74, 6) is 1.15. The normalized spacial score (nSPS) is 11.6. The van der Waals surface area contributed by atoms with Crippen LogP contribution < -0.4 is 4.72 Å². The minimum atomic E-state index is -3.72. The molecular formula is C20H17N3O4S. The topological polar surface area (TPSA) is 98.2 Å². The fraction of sp³-hybridized carbons (Fsp3) is 0.100. The number of hydrogen-bond donors (Lipinski definition) is 1. The molecule has 0 atom stereocenters. The highest BCUT2D eigenvalue weighted by atomic mass is 32.2. The van der Waals surface area contributed by atoms with Gasteiger partial charge in [-0.15, -0.1) is 10.2 Å². The summed E-state index contributed by atoms with van der Waals surface area (Å²) < 4.78 is 38.5. The summed E-state index contributed by atoms with van der Waals surface area (Å²) in [5.41, 5.74) is 2.45. The molecule has 0 saturated heterocycles. The number of aromatic nitrogens is 2. The Morgan fingerprint density at radius 2 is 1.68 bits per heavy atom. The third-order valence-corrected chi connectivity index (χ3v) is 5.53. The van der Waals surface area contributed by atoms with E-state index in [1.165, 1.54) is 18.4 Å². The Bertz CT molecular complexity index is 1180. The van der Waals surface area contributed by atoms with Crippen molar-refractivity contribution in [2.24, 2.45) is 0 Å². The molecule has 0 amide bonds. The number of rotatable bonds is 6. The van der Waals surface area contributed by atoms with Crippen molar-refractivity contribution in [2.75, 3.05) is 0 Å². The van der Waals surface area contributed by atoms with Crippen LogP contribution in [0.25, 0.3) is 22.9 Å². The van der Waals surface area contributed by atoms with Crippen molar-refractivity contribution in [3.63, 3.8) is 0 Å². The lowest BCUT2D eigenvalue weighted by Gasteiger charge is -2.06. The van der Waals surface area contributed by atoms with Crippen molar-refractivity contribution in [2.45, 2.75) is 18.4 Å². The van der Waals surface area contributed by atoms with E-state index in [2.05, 4.69) is 14.9 Å². The second kappa shape index (κ2) is 7.41. The van der Waals surface area contributed by atoms with Crippen LogP contribution in [-0.2, 0) is 16.6 Å². The Morgan fingerprint density at radius 1 is 0.929 bits per heavy atom. The molecule has 1 N–H and O–H groups in total. The Kier molecular flexibility index (Phi) is 4.81. The molecule has 142 valence electrons. The van der Waals surface area contributed by atoms with Crippen LogP contribution in [0.3, 0.4) is 0 Å². The summed E-state index contributed by atoms with van der Waals surface area (Å²) in [4.78, 5) is 0.103. The van der Waals surface area contributed by atoms with Crippen LogP contribution in [0.1, 0.15) is 11.3 Å². The van der Waals surface area contributed by atoms with E-state index in [0.717, 1.165) is 11.1 Å². The predicted molar refractivity (Wildman–Crippen MR) is 103 cm³/mol. The minimum absolute atomic E-state index is 0.0672. The zero-order valence-electron chi connectivity index (χ0n) is 15.0. The van der Waals surface area contributed by atoms with E-state index in [1.54, 1.807) is 24.3 Å². The van der Waals surface area contributed by atoms with Gasteiger partial charge in [-0.2, -0.15) is 0 Å². The molecule has 0 spiro atoms. The maximum absolute atomic E-state index is 12.6. The summed E-state index contributed by atoms with van der Waals surface area (Å²) in [6.45, 7) is 2.06. The predicted octanol–water partition coefficient (Wildman–Crippen LogP) is 3.78. The van der Waals surface area contributed by atoms with E-state index in [4.69, 9.17) is 8.83 Å². The van der Waals surface area contributed by atoms with E-state index in [0.29, 0.717) is 17.2 Å². The van der Waals surface area contributed by atoms with E-state index in [9.17, 15) is 8.42 Å². The van der Waals surface area contributed by atoms with Gasteiger partial charge in [-0.25, -0.2) is 13.1 Å². The zero-order chi connectivity index (χ0) is 19.6. The standard InChI is InChI=1S/C20H17N3O4S/c1-14-7-9-15(10-8-14)19-22-23-20(27-19)16-4-2-6-18(12-16)28(24,25)21-13-17-5-3-11-26-17/h2-12,21H,13H2,1H3. The van der Waals surface area contributed by atoms with Gasteiger partial charge < -0.3 is 8.83 Å². The highest BCUT2D eigenvalue weighted by Gasteiger charge is 2.17. The van der Waals surface area contributed by atoms with Gasteiger partial charge in [-0.05, 0) is 49.4 Å². The van der Waals surface area contributed by atoms with Gasteiger partial charge in [0.05, 0.1) is 17.7 Å². The van der Waals surface area contributed by atoms with Gasteiger partial charge in [0.1, 0.15) is 5.76 Å². The van der Waals surface area contributed by atoms with Crippen molar-refractivity contribution in [1.82, 2.24) is 14.9 Å². The number of nitrogens with zero attached hydrogens (tertiary/aromatic N) is 2. The highest BCUT2D eigenvalue weighted by Crippen LogP contribution is 2.25. The number of nitrogens with one attached hydrogen (secondary N) is 1. The third-order valence-electron chi connectivity index (χ3n) is 4.13. The molecule has 0 saturated carbocycles. The van der Waals surface area contributed by atoms with Crippen LogP contribution in [-0.4, -0.2) is 18.6 Å². The molecule has 4 aromatic rings. The lowest BCUT2D eigenvalue weighted by Crippen LogP contribution is -2.23. The van der Waals surface area contributed by atoms with E-state index in [1.807, 2.05) is 31.2 Å². The van der Waals surface area contributed by atoms with Gasteiger partial charge in [0.25, 0.3) is 0 Å². The first-order valence-electron chi connectivity index (χ1n) is 8.54. The molecule has 4 rings (SSSR count). The van der Waals surface area contributed by atoms with Crippen molar-refractivity contribution in [3.8, 4) is 22.9 Å². The van der Waals surface area contributed by atoms with E-state index < -0.39 is 10.0 Å². The van der Waals surface area contributed by atoms with Crippen LogP contribution in [0, 0.1) is 6.92 Å². The Labute approximate surface area is 162 Å². The van der Waals surface area contributed by atoms with Gasteiger partial charge in [-0.3, -0.25) is 0 Å². The number of furan rings is 1. The van der Waals surface area contributed by atoms with Crippen molar-refractivity contribution in [3.05, 3.63) is 78.3 Å². The molecule has 0 radical (unpaired) electrons. The fourth-order valence-electron chi connectivity index (χ4n) is 2.61. The third kappa shape index (κ3) is 3.88. The van der Waals surface area contributed by atoms with Crippen molar-refractivity contribution >= 4 is 10.0 Å². The number of hydrogen-bond acceptors (Lipinski definition) is 6. The van der Waals surface area contributed by atoms with Crippen molar-refractivity contribution < 1.29 is 17.3 Å². The molecule has 8 heteroatoms. The van der Waals surface area contributed by atoms with Crippen LogP contribution in [0.4, 0.5) is 0 Å². The average molecular weight is 395 g/mol. The van der Waals surface area contributed by atoms with Gasteiger partial charge in [0.15, 0.2) is 0 Å². The maximum atomic E-state index is 12.6. The second-order valence-electron chi connectivity index (χ2n) is 6.21. The van der Waals surface area contributed by atoms with Gasteiger partial charge >= 0.3 is 0 Å². The summed E-state index contributed by atoms with van der Waals surface area (Å²) in [6.07, 6.45) is 1.49. The molecule has 2 aromatic heterocycles. The van der Waals surface area contributed by atoms with Gasteiger partial charge in [0, 0.05) is 11.1 Å². The maximum Gasteiger partial charge on any atom is 0.248 e. The molecule has 0 fully saturated rings. The second-order valence-corrected chi connectivity index (χ2v) is 7.98.